The summed E-state index contributed by atoms with van der Waals surface area (Å²) >= 11 is 0. The molecule has 138 valence electrons. The summed E-state index contributed by atoms with van der Waals surface area (Å²) in [6.45, 7) is 2.60. The van der Waals surface area contributed by atoms with Crippen LogP contribution in [-0.4, -0.2) is 21.6 Å². The van der Waals surface area contributed by atoms with Gasteiger partial charge in [0, 0.05) is 23.8 Å². The Labute approximate surface area is 157 Å². The molecule has 0 unspecified atom stereocenters. The number of aliphatic imine (C=N–C) groups is 1. The molecule has 2 aromatic carbocycles. The first-order chi connectivity index (χ1) is 13.1. The summed E-state index contributed by atoms with van der Waals surface area (Å²) in [4.78, 5) is 16.4. The Bertz CT molecular complexity index is 933. The molecule has 1 aromatic heterocycles. The quantitative estimate of drug-likeness (QED) is 0.464. The molecule has 0 saturated carbocycles. The lowest BCUT2D eigenvalue weighted by molar-refractivity contribution is -0.116. The Morgan fingerprint density at radius 2 is 1.89 bits per heavy atom. The van der Waals surface area contributed by atoms with Gasteiger partial charge in [-0.05, 0) is 48.4 Å². The minimum Gasteiger partial charge on any atom is -0.370 e. The van der Waals surface area contributed by atoms with E-state index in [2.05, 4.69) is 20.7 Å². The summed E-state index contributed by atoms with van der Waals surface area (Å²) in [5, 5.41) is 9.95. The number of hydrogen-bond donors (Lipinski definition) is 3. The number of nitrogens with one attached hydrogen (secondary N) is 2. The maximum atomic E-state index is 12.1. The van der Waals surface area contributed by atoms with Crippen LogP contribution in [0.3, 0.4) is 0 Å². The SMILES string of the molecule is Cc1cccc(NC(N)=NCc2cccc(NC(=O)Cn3cccn3)c2)c1. The van der Waals surface area contributed by atoms with E-state index < -0.39 is 0 Å². The van der Waals surface area contributed by atoms with Crippen LogP contribution in [0.5, 0.6) is 0 Å². The Morgan fingerprint density at radius 3 is 2.63 bits per heavy atom. The number of nitrogens with zero attached hydrogens (tertiary/aromatic N) is 3. The highest BCUT2D eigenvalue weighted by Gasteiger charge is 2.04. The first-order valence-electron chi connectivity index (χ1n) is 8.58. The van der Waals surface area contributed by atoms with Crippen molar-refractivity contribution in [1.82, 2.24) is 9.78 Å². The Morgan fingerprint density at radius 1 is 1.11 bits per heavy atom. The molecule has 27 heavy (non-hydrogen) atoms. The molecule has 4 N–H and O–H groups in total. The average Bonchev–Trinajstić information content (AvgIpc) is 3.13. The molecule has 0 fully saturated rings. The van der Waals surface area contributed by atoms with Crippen molar-refractivity contribution in [3.05, 3.63) is 78.1 Å². The van der Waals surface area contributed by atoms with E-state index in [1.165, 1.54) is 0 Å². The lowest BCUT2D eigenvalue weighted by Gasteiger charge is -2.08. The fourth-order valence-electron chi connectivity index (χ4n) is 2.58. The minimum absolute atomic E-state index is 0.139. The van der Waals surface area contributed by atoms with E-state index in [1.807, 2.05) is 55.5 Å². The fourth-order valence-corrected chi connectivity index (χ4v) is 2.58. The van der Waals surface area contributed by atoms with Crippen LogP contribution < -0.4 is 16.4 Å². The van der Waals surface area contributed by atoms with Gasteiger partial charge in [-0.1, -0.05) is 24.3 Å². The highest BCUT2D eigenvalue weighted by molar-refractivity contribution is 5.92. The number of rotatable bonds is 6. The zero-order valence-electron chi connectivity index (χ0n) is 15.1. The van der Waals surface area contributed by atoms with Crippen molar-refractivity contribution in [2.24, 2.45) is 10.7 Å². The van der Waals surface area contributed by atoms with Gasteiger partial charge in [-0.2, -0.15) is 5.10 Å². The van der Waals surface area contributed by atoms with E-state index in [4.69, 9.17) is 5.73 Å². The number of carbonyl (C=O) groups excluding carboxylic acids is 1. The van der Waals surface area contributed by atoms with Gasteiger partial charge in [-0.3, -0.25) is 9.48 Å². The highest BCUT2D eigenvalue weighted by Crippen LogP contribution is 2.12. The van der Waals surface area contributed by atoms with E-state index in [1.54, 1.807) is 23.1 Å². The van der Waals surface area contributed by atoms with Gasteiger partial charge < -0.3 is 16.4 Å². The van der Waals surface area contributed by atoms with E-state index in [-0.39, 0.29) is 12.5 Å². The van der Waals surface area contributed by atoms with E-state index >= 15 is 0 Å². The Balaban J connectivity index is 1.57. The van der Waals surface area contributed by atoms with E-state index in [9.17, 15) is 4.79 Å². The number of carbonyl (C=O) groups is 1. The van der Waals surface area contributed by atoms with Crippen LogP contribution in [0.2, 0.25) is 0 Å². The van der Waals surface area contributed by atoms with Gasteiger partial charge in [-0.25, -0.2) is 4.99 Å². The summed E-state index contributed by atoms with van der Waals surface area (Å²) in [5.74, 6) is 0.203. The normalized spacial score (nSPS) is 11.2. The maximum absolute atomic E-state index is 12.1. The van der Waals surface area contributed by atoms with Crippen LogP contribution in [0.1, 0.15) is 11.1 Å². The second-order valence-electron chi connectivity index (χ2n) is 6.15. The zero-order chi connectivity index (χ0) is 19.1. The first-order valence-corrected chi connectivity index (χ1v) is 8.58. The molecule has 7 nitrogen and oxygen atoms in total. The topological polar surface area (TPSA) is 97.3 Å². The summed E-state index contributed by atoms with van der Waals surface area (Å²) in [7, 11) is 0. The molecule has 7 heteroatoms. The third-order valence-electron chi connectivity index (χ3n) is 3.80. The van der Waals surface area contributed by atoms with Crippen molar-refractivity contribution in [2.45, 2.75) is 20.0 Å². The van der Waals surface area contributed by atoms with Crippen LogP contribution in [0.15, 0.2) is 72.0 Å². The second-order valence-corrected chi connectivity index (χ2v) is 6.15. The number of hydrogen-bond acceptors (Lipinski definition) is 3. The number of benzene rings is 2. The van der Waals surface area contributed by atoms with Crippen molar-refractivity contribution >= 4 is 23.2 Å². The smallest absolute Gasteiger partial charge is 0.246 e. The van der Waals surface area contributed by atoms with Crippen LogP contribution in [-0.2, 0) is 17.9 Å². The molecule has 0 radical (unpaired) electrons. The van der Waals surface area contributed by atoms with Gasteiger partial charge in [0.2, 0.25) is 5.91 Å². The van der Waals surface area contributed by atoms with Gasteiger partial charge in [0.25, 0.3) is 0 Å². The van der Waals surface area contributed by atoms with Crippen molar-refractivity contribution in [2.75, 3.05) is 10.6 Å². The van der Waals surface area contributed by atoms with E-state index in [0.29, 0.717) is 18.2 Å². The highest BCUT2D eigenvalue weighted by atomic mass is 16.2. The van der Waals surface area contributed by atoms with Crippen molar-refractivity contribution in [3.8, 4) is 0 Å². The van der Waals surface area contributed by atoms with Crippen molar-refractivity contribution in [1.29, 1.82) is 0 Å². The average molecular weight is 362 g/mol. The van der Waals surface area contributed by atoms with Crippen LogP contribution in [0, 0.1) is 6.92 Å². The predicted octanol–water partition coefficient (Wildman–Crippen LogP) is 2.76. The monoisotopic (exact) mass is 362 g/mol. The largest absolute Gasteiger partial charge is 0.370 e. The number of anilines is 2. The first kappa shape index (κ1) is 18.2. The summed E-state index contributed by atoms with van der Waals surface area (Å²) in [6.07, 6.45) is 3.38. The lowest BCUT2D eigenvalue weighted by atomic mass is 10.2. The van der Waals surface area contributed by atoms with Crippen LogP contribution in [0.4, 0.5) is 11.4 Å². The molecular weight excluding hydrogens is 340 g/mol. The molecular formula is C20H22N6O. The minimum atomic E-state index is -0.139. The van der Waals surface area contributed by atoms with Gasteiger partial charge in [0.05, 0.1) is 6.54 Å². The molecule has 1 amide bonds. The number of nitrogens with two attached hydrogens (primary N) is 1. The molecule has 3 rings (SSSR count). The lowest BCUT2D eigenvalue weighted by Crippen LogP contribution is -2.22. The Hall–Kier alpha value is -3.61. The summed E-state index contributed by atoms with van der Waals surface area (Å²) < 4.78 is 1.57. The third-order valence-corrected chi connectivity index (χ3v) is 3.80. The zero-order valence-corrected chi connectivity index (χ0v) is 15.1. The third kappa shape index (κ3) is 5.71. The molecule has 0 spiro atoms. The molecule has 0 bridgehead atoms. The molecule has 0 aliphatic rings. The summed E-state index contributed by atoms with van der Waals surface area (Å²) in [6, 6.07) is 17.2. The summed E-state index contributed by atoms with van der Waals surface area (Å²) in [5.41, 5.74) is 9.66. The maximum Gasteiger partial charge on any atom is 0.246 e. The van der Waals surface area contributed by atoms with Crippen LogP contribution in [0.25, 0.3) is 0 Å². The second kappa shape index (κ2) is 8.66. The van der Waals surface area contributed by atoms with Crippen molar-refractivity contribution < 1.29 is 4.79 Å². The van der Waals surface area contributed by atoms with Gasteiger partial charge in [0.15, 0.2) is 5.96 Å². The molecule has 3 aromatic rings. The number of aromatic nitrogens is 2. The standard InChI is InChI=1S/C20H22N6O/c1-15-5-2-7-17(11-15)25-20(21)22-13-16-6-3-8-18(12-16)24-19(27)14-26-10-4-9-23-26/h2-12H,13-14H2,1H3,(H,24,27)(H3,21,22,25). The molecule has 0 saturated heterocycles. The Kier molecular flexibility index (Phi) is 5.84. The van der Waals surface area contributed by atoms with Gasteiger partial charge >= 0.3 is 0 Å². The number of guanidine groups is 1. The predicted molar refractivity (Wildman–Crippen MR) is 107 cm³/mol. The molecule has 0 aliphatic carbocycles. The molecule has 0 aliphatic heterocycles. The van der Waals surface area contributed by atoms with E-state index in [0.717, 1.165) is 16.8 Å². The number of amides is 1. The van der Waals surface area contributed by atoms with Crippen molar-refractivity contribution in [3.63, 3.8) is 0 Å². The van der Waals surface area contributed by atoms with Gasteiger partial charge in [-0.15, -0.1) is 0 Å². The molecule has 1 heterocycles. The molecule has 0 atom stereocenters. The number of aryl methyl sites for hydroxylation is 1. The van der Waals surface area contributed by atoms with Gasteiger partial charge in [0.1, 0.15) is 6.54 Å². The fraction of sp³-hybridized carbons (Fsp3) is 0.150. The van der Waals surface area contributed by atoms with Crippen LogP contribution >= 0.6 is 0 Å².